The molecule has 1 aromatic carbocycles. The van der Waals surface area contributed by atoms with Crippen LogP contribution in [-0.2, 0) is 9.84 Å². The van der Waals surface area contributed by atoms with E-state index in [0.717, 1.165) is 12.3 Å². The summed E-state index contributed by atoms with van der Waals surface area (Å²) in [5.41, 5.74) is -0.0740. The molecule has 0 atom stereocenters. The van der Waals surface area contributed by atoms with E-state index in [1.807, 2.05) is 0 Å². The fraction of sp³-hybridized carbons (Fsp3) is 0. The molecule has 2 rings (SSSR count). The third kappa shape index (κ3) is 2.74. The molecule has 0 spiro atoms. The van der Waals surface area contributed by atoms with Crippen LogP contribution in [0.3, 0.4) is 0 Å². The van der Waals surface area contributed by atoms with Crippen LogP contribution in [0.2, 0.25) is 5.02 Å². The van der Waals surface area contributed by atoms with Crippen LogP contribution in [0.25, 0.3) is 0 Å². The summed E-state index contributed by atoms with van der Waals surface area (Å²) in [6, 6.07) is 8.00. The zero-order valence-corrected chi connectivity index (χ0v) is 11.0. The molecule has 0 aliphatic rings. The van der Waals surface area contributed by atoms with Crippen molar-refractivity contribution in [3.63, 3.8) is 0 Å². The van der Waals surface area contributed by atoms with Crippen molar-refractivity contribution < 1.29 is 18.3 Å². The van der Waals surface area contributed by atoms with E-state index in [0.29, 0.717) is 5.02 Å². The Balaban J connectivity index is 2.44. The second kappa shape index (κ2) is 4.99. The van der Waals surface area contributed by atoms with E-state index in [1.54, 1.807) is 0 Å². The SMILES string of the molecule is O=C(O)c1ccc(S(=O)(=O)c2ccc(Cl)cc2)nc1. The van der Waals surface area contributed by atoms with Crippen LogP contribution in [0.15, 0.2) is 52.5 Å². The number of carboxylic acids is 1. The molecule has 0 aliphatic heterocycles. The van der Waals surface area contributed by atoms with Crippen molar-refractivity contribution in [2.45, 2.75) is 9.92 Å². The molecular weight excluding hydrogens is 290 g/mol. The van der Waals surface area contributed by atoms with Crippen LogP contribution in [0.1, 0.15) is 10.4 Å². The van der Waals surface area contributed by atoms with Gasteiger partial charge in [0.1, 0.15) is 0 Å². The molecular formula is C12H8ClNO4S. The smallest absolute Gasteiger partial charge is 0.337 e. The van der Waals surface area contributed by atoms with Crippen molar-refractivity contribution in [2.75, 3.05) is 0 Å². The number of aromatic nitrogens is 1. The Morgan fingerprint density at radius 2 is 1.74 bits per heavy atom. The number of hydrogen-bond acceptors (Lipinski definition) is 4. The van der Waals surface area contributed by atoms with Gasteiger partial charge >= 0.3 is 5.97 Å². The van der Waals surface area contributed by atoms with Crippen molar-refractivity contribution in [2.24, 2.45) is 0 Å². The van der Waals surface area contributed by atoms with Crippen molar-refractivity contribution >= 4 is 27.4 Å². The van der Waals surface area contributed by atoms with Crippen molar-refractivity contribution in [1.82, 2.24) is 4.98 Å². The minimum absolute atomic E-state index is 0.0486. The monoisotopic (exact) mass is 297 g/mol. The first kappa shape index (κ1) is 13.5. The summed E-state index contributed by atoms with van der Waals surface area (Å²) in [6.45, 7) is 0. The van der Waals surface area contributed by atoms with Crippen LogP contribution in [0.4, 0.5) is 0 Å². The van der Waals surface area contributed by atoms with Crippen LogP contribution in [0, 0.1) is 0 Å². The Bertz CT molecular complexity index is 708. The van der Waals surface area contributed by atoms with Gasteiger partial charge in [0.25, 0.3) is 0 Å². The van der Waals surface area contributed by atoms with Gasteiger partial charge in [0.05, 0.1) is 10.5 Å². The number of carbonyl (C=O) groups is 1. The maximum Gasteiger partial charge on any atom is 0.337 e. The molecule has 0 saturated heterocycles. The van der Waals surface area contributed by atoms with Gasteiger partial charge in [-0.25, -0.2) is 18.2 Å². The number of nitrogens with zero attached hydrogens (tertiary/aromatic N) is 1. The minimum atomic E-state index is -3.76. The van der Waals surface area contributed by atoms with Gasteiger partial charge in [0.15, 0.2) is 5.03 Å². The summed E-state index contributed by atoms with van der Waals surface area (Å²) >= 11 is 5.69. The van der Waals surface area contributed by atoms with Crippen molar-refractivity contribution in [1.29, 1.82) is 0 Å². The van der Waals surface area contributed by atoms with Crippen molar-refractivity contribution in [3.8, 4) is 0 Å². The maximum atomic E-state index is 12.2. The van der Waals surface area contributed by atoms with E-state index in [4.69, 9.17) is 16.7 Å². The Labute approximate surface area is 114 Å². The molecule has 0 amide bonds. The molecule has 0 radical (unpaired) electrons. The molecule has 0 fully saturated rings. The van der Waals surface area contributed by atoms with E-state index in [1.165, 1.54) is 30.3 Å². The number of sulfone groups is 1. The molecule has 98 valence electrons. The molecule has 1 aromatic heterocycles. The predicted molar refractivity (Wildman–Crippen MR) is 68.1 cm³/mol. The van der Waals surface area contributed by atoms with Crippen LogP contribution in [0.5, 0.6) is 0 Å². The predicted octanol–water partition coefficient (Wildman–Crippen LogP) is 2.27. The number of benzene rings is 1. The molecule has 0 aliphatic carbocycles. The second-order valence-corrected chi connectivity index (χ2v) is 5.98. The number of halogens is 1. The van der Waals surface area contributed by atoms with Crippen LogP contribution >= 0.6 is 11.6 Å². The quantitative estimate of drug-likeness (QED) is 0.939. The van der Waals surface area contributed by atoms with Crippen molar-refractivity contribution in [3.05, 3.63) is 53.2 Å². The highest BCUT2D eigenvalue weighted by Gasteiger charge is 2.19. The number of pyridine rings is 1. The molecule has 7 heteroatoms. The summed E-state index contributed by atoms with van der Waals surface area (Å²) in [5.74, 6) is -1.16. The molecule has 19 heavy (non-hydrogen) atoms. The van der Waals surface area contributed by atoms with Crippen LogP contribution < -0.4 is 0 Å². The number of carboxylic acid groups (broad SMARTS) is 1. The molecule has 2 aromatic rings. The minimum Gasteiger partial charge on any atom is -0.478 e. The highest BCUT2D eigenvalue weighted by molar-refractivity contribution is 7.91. The third-order valence-electron chi connectivity index (χ3n) is 2.38. The Morgan fingerprint density at radius 3 is 2.21 bits per heavy atom. The molecule has 0 bridgehead atoms. The summed E-state index contributed by atoms with van der Waals surface area (Å²) < 4.78 is 24.3. The van der Waals surface area contributed by atoms with Gasteiger partial charge in [-0.3, -0.25) is 0 Å². The van der Waals surface area contributed by atoms with E-state index < -0.39 is 15.8 Å². The highest BCUT2D eigenvalue weighted by atomic mass is 35.5. The van der Waals surface area contributed by atoms with E-state index >= 15 is 0 Å². The molecule has 0 unspecified atom stereocenters. The fourth-order valence-electron chi connectivity index (χ4n) is 1.40. The second-order valence-electron chi connectivity index (χ2n) is 3.65. The average Bonchev–Trinajstić information content (AvgIpc) is 2.39. The average molecular weight is 298 g/mol. The van der Waals surface area contributed by atoms with E-state index in [-0.39, 0.29) is 15.5 Å². The van der Waals surface area contributed by atoms with Crippen LogP contribution in [-0.4, -0.2) is 24.5 Å². The van der Waals surface area contributed by atoms with Gasteiger partial charge in [-0.15, -0.1) is 0 Å². The Morgan fingerprint density at radius 1 is 1.11 bits per heavy atom. The Hall–Kier alpha value is -1.92. The first-order valence-corrected chi connectivity index (χ1v) is 6.97. The fourth-order valence-corrected chi connectivity index (χ4v) is 2.70. The lowest BCUT2D eigenvalue weighted by Crippen LogP contribution is -2.06. The maximum absolute atomic E-state index is 12.2. The van der Waals surface area contributed by atoms with Gasteiger partial charge in [-0.05, 0) is 36.4 Å². The summed E-state index contributed by atoms with van der Waals surface area (Å²) in [7, 11) is -3.76. The van der Waals surface area contributed by atoms with Gasteiger partial charge < -0.3 is 5.11 Å². The summed E-state index contributed by atoms with van der Waals surface area (Å²) in [5, 5.41) is 8.94. The summed E-state index contributed by atoms with van der Waals surface area (Å²) in [6.07, 6.45) is 1.01. The molecule has 0 saturated carbocycles. The molecule has 5 nitrogen and oxygen atoms in total. The first-order valence-electron chi connectivity index (χ1n) is 5.11. The lowest BCUT2D eigenvalue weighted by molar-refractivity contribution is 0.0696. The zero-order valence-electron chi connectivity index (χ0n) is 9.45. The topological polar surface area (TPSA) is 84.3 Å². The summed E-state index contributed by atoms with van der Waals surface area (Å²) in [4.78, 5) is 14.4. The van der Waals surface area contributed by atoms with Gasteiger partial charge in [-0.1, -0.05) is 11.6 Å². The normalized spacial score (nSPS) is 11.2. The first-order chi connectivity index (χ1) is 8.91. The third-order valence-corrected chi connectivity index (χ3v) is 4.32. The Kier molecular flexibility index (Phi) is 3.55. The van der Waals surface area contributed by atoms with Gasteiger partial charge in [-0.2, -0.15) is 0 Å². The lowest BCUT2D eigenvalue weighted by atomic mass is 10.3. The van der Waals surface area contributed by atoms with Gasteiger partial charge in [0.2, 0.25) is 9.84 Å². The zero-order chi connectivity index (χ0) is 14.0. The lowest BCUT2D eigenvalue weighted by Gasteiger charge is -2.04. The molecule has 1 N–H and O–H groups in total. The van der Waals surface area contributed by atoms with Gasteiger partial charge in [0, 0.05) is 11.2 Å². The van der Waals surface area contributed by atoms with E-state index in [9.17, 15) is 13.2 Å². The molecule has 1 heterocycles. The highest BCUT2D eigenvalue weighted by Crippen LogP contribution is 2.20. The number of hydrogen-bond donors (Lipinski definition) is 1. The number of rotatable bonds is 3. The number of aromatic carboxylic acids is 1. The largest absolute Gasteiger partial charge is 0.478 e. The standard InChI is InChI=1S/C12H8ClNO4S/c13-9-2-4-10(5-3-9)19(17,18)11-6-1-8(7-14-11)12(15)16/h1-7H,(H,15,16). The van der Waals surface area contributed by atoms with E-state index in [2.05, 4.69) is 4.98 Å².